The van der Waals surface area contributed by atoms with Gasteiger partial charge in [0.25, 0.3) is 0 Å². The minimum absolute atomic E-state index is 0.00956. The summed E-state index contributed by atoms with van der Waals surface area (Å²) in [7, 11) is 0. The van der Waals surface area contributed by atoms with Gasteiger partial charge in [0.2, 0.25) is 0 Å². The molecule has 0 aliphatic rings. The van der Waals surface area contributed by atoms with Gasteiger partial charge in [0.15, 0.2) is 5.78 Å². The molecule has 0 saturated carbocycles. The number of allylic oxidation sites excluding steroid dienone is 1. The fourth-order valence-electron chi connectivity index (χ4n) is 1.73. The average molecular weight is 343 g/mol. The standard InChI is InChI=1S/C16H10Cl2F2O2/c17-13-2-1-3-14(18)12(13)8-9-15(21)10-4-6-11(7-5-10)22-16(19)20/h1-9,16H/b9-8+. The van der Waals surface area contributed by atoms with E-state index >= 15 is 0 Å². The summed E-state index contributed by atoms with van der Waals surface area (Å²) in [6.45, 7) is -2.90. The number of alkyl halides is 2. The Morgan fingerprint density at radius 1 is 1.05 bits per heavy atom. The first-order valence-corrected chi connectivity index (χ1v) is 6.94. The molecule has 0 atom stereocenters. The van der Waals surface area contributed by atoms with Crippen LogP contribution in [0.1, 0.15) is 15.9 Å². The summed E-state index contributed by atoms with van der Waals surface area (Å²) in [6.07, 6.45) is 2.83. The van der Waals surface area contributed by atoms with Crippen LogP contribution in [0.15, 0.2) is 48.5 Å². The van der Waals surface area contributed by atoms with Crippen LogP contribution in [0.4, 0.5) is 8.78 Å². The molecular weight excluding hydrogens is 333 g/mol. The first-order valence-electron chi connectivity index (χ1n) is 6.18. The van der Waals surface area contributed by atoms with E-state index in [0.29, 0.717) is 21.2 Å². The quantitative estimate of drug-likeness (QED) is 0.530. The summed E-state index contributed by atoms with van der Waals surface area (Å²) in [5.74, 6) is -0.315. The van der Waals surface area contributed by atoms with Crippen molar-refractivity contribution in [2.75, 3.05) is 0 Å². The fraction of sp³-hybridized carbons (Fsp3) is 0.0625. The SMILES string of the molecule is O=C(/C=C/c1c(Cl)cccc1Cl)c1ccc(OC(F)F)cc1. The second-order valence-electron chi connectivity index (χ2n) is 4.24. The Labute approximate surface area is 135 Å². The third kappa shape index (κ3) is 4.29. The zero-order valence-electron chi connectivity index (χ0n) is 11.1. The molecule has 2 rings (SSSR count). The molecule has 0 amide bonds. The number of carbonyl (C=O) groups is 1. The number of hydrogen-bond acceptors (Lipinski definition) is 2. The second kappa shape index (κ2) is 7.38. The Hall–Kier alpha value is -1.91. The van der Waals surface area contributed by atoms with E-state index in [1.165, 1.54) is 36.4 Å². The van der Waals surface area contributed by atoms with Crippen LogP contribution >= 0.6 is 23.2 Å². The van der Waals surface area contributed by atoms with E-state index in [1.54, 1.807) is 18.2 Å². The number of carbonyl (C=O) groups excluding carboxylic acids is 1. The normalized spacial score (nSPS) is 11.1. The van der Waals surface area contributed by atoms with Gasteiger partial charge in [-0.15, -0.1) is 0 Å². The summed E-state index contributed by atoms with van der Waals surface area (Å²) < 4.78 is 28.3. The number of ether oxygens (including phenoxy) is 1. The third-order valence-electron chi connectivity index (χ3n) is 2.77. The Balaban J connectivity index is 2.13. The zero-order valence-corrected chi connectivity index (χ0v) is 12.6. The maximum Gasteiger partial charge on any atom is 0.387 e. The van der Waals surface area contributed by atoms with Crippen LogP contribution in [0.3, 0.4) is 0 Å². The van der Waals surface area contributed by atoms with Crippen molar-refractivity contribution in [1.29, 1.82) is 0 Å². The molecular formula is C16H10Cl2F2O2. The number of rotatable bonds is 5. The molecule has 0 heterocycles. The maximum absolute atomic E-state index is 12.0. The van der Waals surface area contributed by atoms with Crippen molar-refractivity contribution < 1.29 is 18.3 Å². The lowest BCUT2D eigenvalue weighted by Gasteiger charge is -2.04. The Morgan fingerprint density at radius 3 is 2.18 bits per heavy atom. The number of benzene rings is 2. The molecule has 0 aliphatic heterocycles. The van der Waals surface area contributed by atoms with Crippen molar-refractivity contribution in [1.82, 2.24) is 0 Å². The molecule has 0 radical (unpaired) electrons. The lowest BCUT2D eigenvalue weighted by atomic mass is 10.1. The van der Waals surface area contributed by atoms with Gasteiger partial charge in [-0.2, -0.15) is 8.78 Å². The molecule has 6 heteroatoms. The van der Waals surface area contributed by atoms with Crippen LogP contribution in [0.2, 0.25) is 10.0 Å². The highest BCUT2D eigenvalue weighted by atomic mass is 35.5. The van der Waals surface area contributed by atoms with Crippen LogP contribution in [0, 0.1) is 0 Å². The van der Waals surface area contributed by atoms with Crippen molar-refractivity contribution in [3.05, 3.63) is 69.7 Å². The number of ketones is 1. The molecule has 0 spiro atoms. The predicted molar refractivity (Wildman–Crippen MR) is 82.9 cm³/mol. The first kappa shape index (κ1) is 16.5. The lowest BCUT2D eigenvalue weighted by molar-refractivity contribution is -0.0498. The van der Waals surface area contributed by atoms with Crippen LogP contribution in [0.25, 0.3) is 6.08 Å². The van der Waals surface area contributed by atoms with E-state index in [4.69, 9.17) is 23.2 Å². The van der Waals surface area contributed by atoms with E-state index in [2.05, 4.69) is 4.74 Å². The summed E-state index contributed by atoms with van der Waals surface area (Å²) >= 11 is 12.0. The van der Waals surface area contributed by atoms with Gasteiger partial charge in [-0.1, -0.05) is 29.3 Å². The van der Waals surface area contributed by atoms with Crippen LogP contribution in [-0.4, -0.2) is 12.4 Å². The summed E-state index contributed by atoms with van der Waals surface area (Å²) in [5.41, 5.74) is 0.873. The molecule has 0 unspecified atom stereocenters. The predicted octanol–water partition coefficient (Wildman–Crippen LogP) is 5.49. The minimum atomic E-state index is -2.90. The molecule has 0 N–H and O–H groups in total. The summed E-state index contributed by atoms with van der Waals surface area (Å²) in [4.78, 5) is 12.0. The summed E-state index contributed by atoms with van der Waals surface area (Å²) in [5, 5.41) is 0.856. The molecule has 0 bridgehead atoms. The van der Waals surface area contributed by atoms with Crippen molar-refractivity contribution in [3.8, 4) is 5.75 Å². The monoisotopic (exact) mass is 342 g/mol. The number of halogens is 4. The van der Waals surface area contributed by atoms with Crippen molar-refractivity contribution in [3.63, 3.8) is 0 Å². The molecule has 114 valence electrons. The van der Waals surface area contributed by atoms with Gasteiger partial charge in [0.1, 0.15) is 5.75 Å². The topological polar surface area (TPSA) is 26.3 Å². The minimum Gasteiger partial charge on any atom is -0.435 e. The summed E-state index contributed by atoms with van der Waals surface area (Å²) in [6, 6.07) is 10.4. The van der Waals surface area contributed by atoms with Gasteiger partial charge in [0.05, 0.1) is 0 Å². The highest BCUT2D eigenvalue weighted by Gasteiger charge is 2.07. The highest BCUT2D eigenvalue weighted by Crippen LogP contribution is 2.25. The van der Waals surface area contributed by atoms with E-state index in [1.807, 2.05) is 0 Å². The number of hydrogen-bond donors (Lipinski definition) is 0. The van der Waals surface area contributed by atoms with Crippen LogP contribution in [-0.2, 0) is 0 Å². The smallest absolute Gasteiger partial charge is 0.387 e. The van der Waals surface area contributed by atoms with Crippen molar-refractivity contribution in [2.45, 2.75) is 6.61 Å². The zero-order chi connectivity index (χ0) is 16.1. The van der Waals surface area contributed by atoms with E-state index in [-0.39, 0.29) is 11.5 Å². The molecule has 2 nitrogen and oxygen atoms in total. The van der Waals surface area contributed by atoms with Gasteiger partial charge in [-0.05, 0) is 48.6 Å². The molecule has 2 aromatic rings. The average Bonchev–Trinajstić information content (AvgIpc) is 2.46. The van der Waals surface area contributed by atoms with Gasteiger partial charge >= 0.3 is 6.61 Å². The van der Waals surface area contributed by atoms with E-state index < -0.39 is 6.61 Å². The Kier molecular flexibility index (Phi) is 5.52. The van der Waals surface area contributed by atoms with Crippen molar-refractivity contribution in [2.24, 2.45) is 0 Å². The lowest BCUT2D eigenvalue weighted by Crippen LogP contribution is -2.02. The van der Waals surface area contributed by atoms with E-state index in [0.717, 1.165) is 0 Å². The molecule has 2 aromatic carbocycles. The largest absolute Gasteiger partial charge is 0.435 e. The molecule has 0 aliphatic carbocycles. The molecule has 22 heavy (non-hydrogen) atoms. The van der Waals surface area contributed by atoms with Crippen LogP contribution in [0.5, 0.6) is 5.75 Å². The first-order chi connectivity index (χ1) is 10.5. The van der Waals surface area contributed by atoms with Gasteiger partial charge in [0, 0.05) is 21.2 Å². The molecule has 0 fully saturated rings. The van der Waals surface area contributed by atoms with Gasteiger partial charge < -0.3 is 4.74 Å². The van der Waals surface area contributed by atoms with Gasteiger partial charge in [-0.25, -0.2) is 0 Å². The Bertz CT molecular complexity index is 678. The maximum atomic E-state index is 12.0. The highest BCUT2D eigenvalue weighted by molar-refractivity contribution is 6.37. The van der Waals surface area contributed by atoms with Crippen molar-refractivity contribution >= 4 is 35.1 Å². The van der Waals surface area contributed by atoms with Gasteiger partial charge in [-0.3, -0.25) is 4.79 Å². The molecule has 0 saturated heterocycles. The Morgan fingerprint density at radius 2 is 1.64 bits per heavy atom. The fourth-order valence-corrected chi connectivity index (χ4v) is 2.25. The molecule has 0 aromatic heterocycles. The van der Waals surface area contributed by atoms with Crippen LogP contribution < -0.4 is 4.74 Å². The third-order valence-corrected chi connectivity index (χ3v) is 3.42. The second-order valence-corrected chi connectivity index (χ2v) is 5.05. The van der Waals surface area contributed by atoms with E-state index in [9.17, 15) is 13.6 Å².